The van der Waals surface area contributed by atoms with E-state index in [4.69, 9.17) is 0 Å². The smallest absolute Gasteiger partial charge is 0.258 e. The van der Waals surface area contributed by atoms with Gasteiger partial charge in [0.1, 0.15) is 5.82 Å². The second kappa shape index (κ2) is 14.0. The first-order chi connectivity index (χ1) is 21.4. The van der Waals surface area contributed by atoms with Crippen LogP contribution in [-0.4, -0.2) is 60.7 Å². The van der Waals surface area contributed by atoms with Crippen molar-refractivity contribution in [2.45, 2.75) is 25.8 Å². The van der Waals surface area contributed by atoms with E-state index in [1.165, 1.54) is 18.2 Å². The summed E-state index contributed by atoms with van der Waals surface area (Å²) in [6.45, 7) is 4.61. The van der Waals surface area contributed by atoms with Crippen molar-refractivity contribution in [1.82, 2.24) is 9.80 Å². The minimum atomic E-state index is -0.620. The van der Waals surface area contributed by atoms with Gasteiger partial charge in [0, 0.05) is 51.1 Å². The summed E-state index contributed by atoms with van der Waals surface area (Å²) in [6, 6.07) is 30.5. The number of halogens is 1. The Morgan fingerprint density at radius 2 is 1.45 bits per heavy atom. The minimum Gasteiger partial charge on any atom is -0.367 e. The molecule has 1 heterocycles. The van der Waals surface area contributed by atoms with Crippen molar-refractivity contribution in [1.29, 1.82) is 0 Å². The second-order valence-electron chi connectivity index (χ2n) is 11.0. The third kappa shape index (κ3) is 6.97. The molecule has 0 radical (unpaired) electrons. The van der Waals surface area contributed by atoms with E-state index in [1.54, 1.807) is 30.1 Å². The van der Waals surface area contributed by atoms with E-state index in [0.29, 0.717) is 44.0 Å². The van der Waals surface area contributed by atoms with Gasteiger partial charge in [-0.05, 0) is 47.9 Å². The number of piperazine rings is 1. The van der Waals surface area contributed by atoms with E-state index in [0.717, 1.165) is 23.2 Å². The summed E-state index contributed by atoms with van der Waals surface area (Å²) >= 11 is 0. The number of carbonyl (C=O) groups excluding carboxylic acids is 3. The molecular formula is C36H37FN4O3. The van der Waals surface area contributed by atoms with Crippen LogP contribution in [0.4, 0.5) is 15.8 Å². The molecule has 1 aliphatic heterocycles. The van der Waals surface area contributed by atoms with Gasteiger partial charge in [0.25, 0.3) is 11.8 Å². The Morgan fingerprint density at radius 3 is 2.11 bits per heavy atom. The molecule has 3 amide bonds. The highest BCUT2D eigenvalue weighted by atomic mass is 19.1. The van der Waals surface area contributed by atoms with Crippen LogP contribution in [0, 0.1) is 5.82 Å². The molecular weight excluding hydrogens is 555 g/mol. The lowest BCUT2D eigenvalue weighted by Crippen LogP contribution is -2.50. The maximum absolute atomic E-state index is 14.3. The summed E-state index contributed by atoms with van der Waals surface area (Å²) in [7, 11) is 1.74. The molecule has 1 fully saturated rings. The molecule has 0 saturated carbocycles. The number of rotatable bonds is 9. The standard InChI is InChI=1S/C36H37FN4O3/c1-3-29(27-14-8-5-9-15-27)36(44)41-22-20-40(21-23-41)33-19-18-28(38-34(42)30-16-10-11-17-32(30)37)24-31(33)35(43)39(2)25-26-12-6-4-7-13-26/h4-19,24,29H,3,20-23,25H2,1-2H3,(H,38,42)/t29-/m0/s1. The average Bonchev–Trinajstić information content (AvgIpc) is 3.06. The number of nitrogens with zero attached hydrogens (tertiary/aromatic N) is 3. The van der Waals surface area contributed by atoms with Gasteiger partial charge in [-0.1, -0.05) is 79.7 Å². The first-order valence-corrected chi connectivity index (χ1v) is 14.9. The fourth-order valence-electron chi connectivity index (χ4n) is 5.67. The zero-order chi connectivity index (χ0) is 31.1. The number of hydrogen-bond donors (Lipinski definition) is 1. The van der Waals surface area contributed by atoms with E-state index in [9.17, 15) is 18.8 Å². The lowest BCUT2D eigenvalue weighted by molar-refractivity contribution is -0.133. The van der Waals surface area contributed by atoms with Gasteiger partial charge in [-0.2, -0.15) is 0 Å². The van der Waals surface area contributed by atoms with Crippen molar-refractivity contribution < 1.29 is 18.8 Å². The molecule has 8 heteroatoms. The molecule has 7 nitrogen and oxygen atoms in total. The highest BCUT2D eigenvalue weighted by Crippen LogP contribution is 2.29. The maximum atomic E-state index is 14.3. The molecule has 1 saturated heterocycles. The van der Waals surface area contributed by atoms with Crippen molar-refractivity contribution in [2.75, 3.05) is 43.4 Å². The van der Waals surface area contributed by atoms with Crippen LogP contribution in [0.5, 0.6) is 0 Å². The molecule has 4 aromatic carbocycles. The summed E-state index contributed by atoms with van der Waals surface area (Å²) in [4.78, 5) is 45.9. The van der Waals surface area contributed by atoms with Gasteiger partial charge in [-0.3, -0.25) is 14.4 Å². The highest BCUT2D eigenvalue weighted by Gasteiger charge is 2.29. The Bertz CT molecular complexity index is 1600. The second-order valence-corrected chi connectivity index (χ2v) is 11.0. The van der Waals surface area contributed by atoms with Gasteiger partial charge < -0.3 is 20.0 Å². The number of amides is 3. The van der Waals surface area contributed by atoms with Crippen LogP contribution in [0.3, 0.4) is 0 Å². The number of anilines is 2. The van der Waals surface area contributed by atoms with Crippen LogP contribution in [0.25, 0.3) is 0 Å². The van der Waals surface area contributed by atoms with Crippen molar-refractivity contribution in [3.63, 3.8) is 0 Å². The maximum Gasteiger partial charge on any atom is 0.258 e. The third-order valence-corrected chi connectivity index (χ3v) is 8.05. The summed E-state index contributed by atoms with van der Waals surface area (Å²) in [5, 5.41) is 2.75. The molecule has 0 spiro atoms. The number of benzene rings is 4. The molecule has 0 unspecified atom stereocenters. The van der Waals surface area contributed by atoms with Gasteiger partial charge in [-0.15, -0.1) is 0 Å². The summed E-state index contributed by atoms with van der Waals surface area (Å²) in [6.07, 6.45) is 0.718. The van der Waals surface area contributed by atoms with Crippen molar-refractivity contribution in [3.05, 3.63) is 131 Å². The zero-order valence-electron chi connectivity index (χ0n) is 25.1. The van der Waals surface area contributed by atoms with E-state index >= 15 is 0 Å². The quantitative estimate of drug-likeness (QED) is 0.252. The van der Waals surface area contributed by atoms with Crippen LogP contribution in [0.2, 0.25) is 0 Å². The Kier molecular flexibility index (Phi) is 9.69. The lowest BCUT2D eigenvalue weighted by Gasteiger charge is -2.38. The number of hydrogen-bond acceptors (Lipinski definition) is 4. The van der Waals surface area contributed by atoms with Crippen LogP contribution >= 0.6 is 0 Å². The molecule has 1 aliphatic rings. The SMILES string of the molecule is CC[C@H](C(=O)N1CCN(c2ccc(NC(=O)c3ccccc3F)cc2C(=O)N(C)Cc2ccccc2)CC1)c1ccccc1. The Hall–Kier alpha value is -4.98. The molecule has 226 valence electrons. The Morgan fingerprint density at radius 1 is 0.818 bits per heavy atom. The molecule has 0 bridgehead atoms. The first kappa shape index (κ1) is 30.5. The van der Waals surface area contributed by atoms with Gasteiger partial charge in [0.2, 0.25) is 5.91 Å². The highest BCUT2D eigenvalue weighted by molar-refractivity contribution is 6.06. The first-order valence-electron chi connectivity index (χ1n) is 14.9. The normalized spacial score (nSPS) is 13.7. The zero-order valence-corrected chi connectivity index (χ0v) is 25.1. The topological polar surface area (TPSA) is 73.0 Å². The van der Waals surface area contributed by atoms with Crippen molar-refractivity contribution in [3.8, 4) is 0 Å². The Balaban J connectivity index is 1.37. The van der Waals surface area contributed by atoms with Crippen LogP contribution in [-0.2, 0) is 11.3 Å². The van der Waals surface area contributed by atoms with Crippen LogP contribution in [0.1, 0.15) is 51.1 Å². The number of carbonyl (C=O) groups is 3. The third-order valence-electron chi connectivity index (χ3n) is 8.05. The lowest BCUT2D eigenvalue weighted by atomic mass is 9.94. The average molecular weight is 593 g/mol. The van der Waals surface area contributed by atoms with Crippen LogP contribution < -0.4 is 10.2 Å². The van der Waals surface area contributed by atoms with Gasteiger partial charge in [-0.25, -0.2) is 4.39 Å². The predicted molar refractivity (Wildman–Crippen MR) is 171 cm³/mol. The van der Waals surface area contributed by atoms with E-state index in [-0.39, 0.29) is 23.3 Å². The Labute approximate surface area is 257 Å². The molecule has 0 aliphatic carbocycles. The van der Waals surface area contributed by atoms with E-state index in [1.807, 2.05) is 78.6 Å². The largest absolute Gasteiger partial charge is 0.367 e. The fourth-order valence-corrected chi connectivity index (χ4v) is 5.67. The van der Waals surface area contributed by atoms with Gasteiger partial charge >= 0.3 is 0 Å². The minimum absolute atomic E-state index is 0.0766. The van der Waals surface area contributed by atoms with E-state index in [2.05, 4.69) is 10.2 Å². The van der Waals surface area contributed by atoms with Gasteiger partial charge in [0.15, 0.2) is 0 Å². The monoisotopic (exact) mass is 592 g/mol. The number of nitrogens with one attached hydrogen (secondary N) is 1. The summed E-state index contributed by atoms with van der Waals surface area (Å²) < 4.78 is 14.3. The molecule has 44 heavy (non-hydrogen) atoms. The van der Waals surface area contributed by atoms with Gasteiger partial charge in [0.05, 0.1) is 17.0 Å². The summed E-state index contributed by atoms with van der Waals surface area (Å²) in [5.74, 6) is -1.50. The van der Waals surface area contributed by atoms with E-state index < -0.39 is 11.7 Å². The molecule has 0 aromatic heterocycles. The fraction of sp³-hybridized carbons (Fsp3) is 0.250. The predicted octanol–water partition coefficient (Wildman–Crippen LogP) is 6.19. The molecule has 4 aromatic rings. The molecule has 1 N–H and O–H groups in total. The molecule has 5 rings (SSSR count). The summed E-state index contributed by atoms with van der Waals surface area (Å²) in [5.41, 5.74) is 3.47. The van der Waals surface area contributed by atoms with Crippen LogP contribution in [0.15, 0.2) is 103 Å². The molecule has 1 atom stereocenters. The van der Waals surface area contributed by atoms with Crippen molar-refractivity contribution >= 4 is 29.1 Å². The van der Waals surface area contributed by atoms with Crippen molar-refractivity contribution in [2.24, 2.45) is 0 Å².